The first-order valence-electron chi connectivity index (χ1n) is 11.8. The summed E-state index contributed by atoms with van der Waals surface area (Å²) in [5, 5.41) is 3.43. The van der Waals surface area contributed by atoms with Crippen LogP contribution >= 0.6 is 0 Å². The molecule has 0 aromatic heterocycles. The highest BCUT2D eigenvalue weighted by atomic mass is 15.3. The van der Waals surface area contributed by atoms with Crippen molar-refractivity contribution in [3.8, 4) is 0 Å². The number of nitrogens with two attached hydrogens (primary N) is 1. The summed E-state index contributed by atoms with van der Waals surface area (Å²) in [6, 6.07) is 0. The number of nitrogens with zero attached hydrogens (tertiary/aromatic N) is 1. The minimum absolute atomic E-state index is 0.491. The van der Waals surface area contributed by atoms with Gasteiger partial charge in [-0.15, -0.1) is 0 Å². The molecule has 3 heteroatoms. The van der Waals surface area contributed by atoms with Crippen molar-refractivity contribution in [2.75, 3.05) is 13.1 Å². The number of nitrogens with one attached hydrogen (secondary N) is 1. The molecule has 0 saturated heterocycles. The van der Waals surface area contributed by atoms with E-state index in [1.54, 1.807) is 0 Å². The fourth-order valence-electron chi connectivity index (χ4n) is 3.96. The van der Waals surface area contributed by atoms with Gasteiger partial charge >= 0.3 is 0 Å². The largest absolute Gasteiger partial charge is 0.370 e. The van der Waals surface area contributed by atoms with E-state index in [-0.39, 0.29) is 0 Å². The molecule has 0 aromatic rings. The smallest absolute Gasteiger partial charge is 0.0981 e. The van der Waals surface area contributed by atoms with E-state index in [2.05, 4.69) is 29.5 Å². The van der Waals surface area contributed by atoms with E-state index in [1.807, 2.05) is 0 Å². The van der Waals surface area contributed by atoms with Crippen LogP contribution in [0.1, 0.15) is 116 Å². The molecule has 0 aliphatic carbocycles. The number of unbranched alkanes of at least 4 members (excludes halogenated alkanes) is 15. The van der Waals surface area contributed by atoms with Crippen molar-refractivity contribution in [1.82, 2.24) is 10.2 Å². The lowest BCUT2D eigenvalue weighted by molar-refractivity contribution is 0.264. The molecule has 1 aliphatic rings. The maximum atomic E-state index is 5.66. The average Bonchev–Trinajstić information content (AvgIpc) is 3.09. The van der Waals surface area contributed by atoms with Gasteiger partial charge in [-0.25, -0.2) is 0 Å². The second-order valence-corrected chi connectivity index (χ2v) is 8.12. The minimum atomic E-state index is 0.491. The van der Waals surface area contributed by atoms with Gasteiger partial charge in [0, 0.05) is 25.5 Å². The monoisotopic (exact) mass is 365 g/mol. The van der Waals surface area contributed by atoms with Crippen LogP contribution < -0.4 is 11.1 Å². The average molecular weight is 366 g/mol. The van der Waals surface area contributed by atoms with Crippen molar-refractivity contribution in [2.24, 2.45) is 5.73 Å². The lowest BCUT2D eigenvalue weighted by atomic mass is 10.0. The van der Waals surface area contributed by atoms with Gasteiger partial charge in [-0.05, 0) is 12.8 Å². The summed E-state index contributed by atoms with van der Waals surface area (Å²) in [6.07, 6.45) is 28.9. The zero-order chi connectivity index (χ0) is 18.7. The maximum Gasteiger partial charge on any atom is 0.0981 e. The van der Waals surface area contributed by atoms with E-state index in [9.17, 15) is 0 Å². The van der Waals surface area contributed by atoms with Gasteiger partial charge < -0.3 is 16.0 Å². The molecule has 0 fully saturated rings. The summed E-state index contributed by atoms with van der Waals surface area (Å²) in [4.78, 5) is 2.34. The Hall–Kier alpha value is -0.700. The first-order valence-corrected chi connectivity index (χ1v) is 11.8. The van der Waals surface area contributed by atoms with Crippen LogP contribution in [0.2, 0.25) is 0 Å². The lowest BCUT2D eigenvalue weighted by Crippen LogP contribution is -2.37. The van der Waals surface area contributed by atoms with E-state index >= 15 is 0 Å². The molecular formula is C23H47N3. The van der Waals surface area contributed by atoms with Gasteiger partial charge in [0.15, 0.2) is 0 Å². The Balaban J connectivity index is 1.73. The van der Waals surface area contributed by atoms with E-state index in [4.69, 9.17) is 5.73 Å². The summed E-state index contributed by atoms with van der Waals surface area (Å²) < 4.78 is 0. The highest BCUT2D eigenvalue weighted by Crippen LogP contribution is 2.16. The van der Waals surface area contributed by atoms with E-state index in [0.29, 0.717) is 6.17 Å². The molecule has 0 saturated carbocycles. The van der Waals surface area contributed by atoms with Crippen LogP contribution in [-0.4, -0.2) is 24.2 Å². The lowest BCUT2D eigenvalue weighted by Gasteiger charge is -2.25. The molecule has 0 amide bonds. The molecule has 0 spiro atoms. The van der Waals surface area contributed by atoms with Gasteiger partial charge in [-0.3, -0.25) is 0 Å². The number of hydrogen-bond donors (Lipinski definition) is 2. The Morgan fingerprint density at radius 3 is 1.65 bits per heavy atom. The Bertz CT molecular complexity index is 317. The van der Waals surface area contributed by atoms with Crippen molar-refractivity contribution >= 4 is 0 Å². The third-order valence-electron chi connectivity index (χ3n) is 5.67. The van der Waals surface area contributed by atoms with E-state index < -0.39 is 0 Å². The Labute approximate surface area is 164 Å². The fraction of sp³-hybridized carbons (Fsp3) is 0.913. The topological polar surface area (TPSA) is 41.3 Å². The van der Waals surface area contributed by atoms with Crippen LogP contribution in [0.15, 0.2) is 12.4 Å². The molecule has 3 N–H and O–H groups in total. The fourth-order valence-corrected chi connectivity index (χ4v) is 3.96. The molecule has 1 rings (SSSR count). The summed E-state index contributed by atoms with van der Waals surface area (Å²) in [6.45, 7) is 4.00. The third-order valence-corrected chi connectivity index (χ3v) is 5.67. The normalized spacial score (nSPS) is 16.4. The molecule has 1 aliphatic heterocycles. The van der Waals surface area contributed by atoms with Gasteiger partial charge in [0.25, 0.3) is 0 Å². The van der Waals surface area contributed by atoms with E-state index in [1.165, 1.54) is 109 Å². The van der Waals surface area contributed by atoms with E-state index in [0.717, 1.165) is 13.1 Å². The molecular weight excluding hydrogens is 318 g/mol. The molecule has 0 radical (unpaired) electrons. The Kier molecular flexibility index (Phi) is 15.9. The van der Waals surface area contributed by atoms with Crippen molar-refractivity contribution in [3.05, 3.63) is 12.4 Å². The third kappa shape index (κ3) is 12.6. The van der Waals surface area contributed by atoms with Crippen LogP contribution in [0.3, 0.4) is 0 Å². The van der Waals surface area contributed by atoms with Crippen LogP contribution in [0.25, 0.3) is 0 Å². The number of hydrogen-bond acceptors (Lipinski definition) is 3. The van der Waals surface area contributed by atoms with Crippen molar-refractivity contribution < 1.29 is 0 Å². The highest BCUT2D eigenvalue weighted by molar-refractivity contribution is 4.94. The molecule has 3 nitrogen and oxygen atoms in total. The first kappa shape index (κ1) is 23.3. The van der Waals surface area contributed by atoms with Gasteiger partial charge in [0.1, 0.15) is 0 Å². The zero-order valence-electron chi connectivity index (χ0n) is 17.7. The summed E-state index contributed by atoms with van der Waals surface area (Å²) in [5.41, 5.74) is 5.66. The van der Waals surface area contributed by atoms with Crippen LogP contribution in [-0.2, 0) is 0 Å². The molecule has 1 heterocycles. The van der Waals surface area contributed by atoms with Crippen LogP contribution in [0.5, 0.6) is 0 Å². The summed E-state index contributed by atoms with van der Waals surface area (Å²) >= 11 is 0. The summed E-state index contributed by atoms with van der Waals surface area (Å²) in [7, 11) is 0. The quantitative estimate of drug-likeness (QED) is 0.264. The zero-order valence-corrected chi connectivity index (χ0v) is 17.7. The summed E-state index contributed by atoms with van der Waals surface area (Å²) in [5.74, 6) is 0. The van der Waals surface area contributed by atoms with Crippen molar-refractivity contribution in [3.63, 3.8) is 0 Å². The predicted octanol–water partition coefficient (Wildman–Crippen LogP) is 6.30. The second-order valence-electron chi connectivity index (χ2n) is 8.12. The first-order chi connectivity index (χ1) is 12.9. The van der Waals surface area contributed by atoms with Gasteiger partial charge in [-0.1, -0.05) is 103 Å². The van der Waals surface area contributed by atoms with Crippen LogP contribution in [0, 0.1) is 0 Å². The standard InChI is InChI=1S/C23H47N3/c1-2-3-4-5-6-7-8-9-10-11-12-13-14-15-16-17-18-23-25-20-22-26(23)21-19-24/h20,22-23,25H,2-19,21,24H2,1H3. The van der Waals surface area contributed by atoms with Gasteiger partial charge in [-0.2, -0.15) is 0 Å². The van der Waals surface area contributed by atoms with Crippen LogP contribution in [0.4, 0.5) is 0 Å². The molecule has 0 aromatic carbocycles. The Morgan fingerprint density at radius 2 is 1.19 bits per heavy atom. The van der Waals surface area contributed by atoms with Crippen molar-refractivity contribution in [1.29, 1.82) is 0 Å². The maximum absolute atomic E-state index is 5.66. The van der Waals surface area contributed by atoms with Gasteiger partial charge in [0.2, 0.25) is 0 Å². The Morgan fingerprint density at radius 1 is 0.731 bits per heavy atom. The SMILES string of the molecule is CCCCCCCCCCCCCCCCCCC1NC=CN1CCN. The molecule has 1 unspecified atom stereocenters. The molecule has 0 bridgehead atoms. The predicted molar refractivity (Wildman–Crippen MR) is 116 cm³/mol. The molecule has 154 valence electrons. The van der Waals surface area contributed by atoms with Gasteiger partial charge in [0.05, 0.1) is 6.17 Å². The molecule has 26 heavy (non-hydrogen) atoms. The molecule has 1 atom stereocenters. The number of rotatable bonds is 19. The van der Waals surface area contributed by atoms with Crippen molar-refractivity contribution in [2.45, 2.75) is 122 Å². The second kappa shape index (κ2) is 17.7. The highest BCUT2D eigenvalue weighted by Gasteiger charge is 2.16. The minimum Gasteiger partial charge on any atom is -0.370 e.